The molecule has 2 heterocycles. The summed E-state index contributed by atoms with van der Waals surface area (Å²) in [5, 5.41) is 2.73. The first-order valence-electron chi connectivity index (χ1n) is 8.39. The Morgan fingerprint density at radius 1 is 1.04 bits per heavy atom. The minimum Gasteiger partial charge on any atom is -0.352 e. The molecular formula is C19H20N4O3. The molecule has 3 rings (SSSR count). The van der Waals surface area contributed by atoms with Crippen LogP contribution in [-0.4, -0.2) is 26.1 Å². The molecule has 0 unspecified atom stereocenters. The average Bonchev–Trinajstić information content (AvgIpc) is 2.62. The van der Waals surface area contributed by atoms with Crippen molar-refractivity contribution in [3.63, 3.8) is 0 Å². The highest BCUT2D eigenvalue weighted by molar-refractivity contribution is 5.79. The molecule has 0 saturated carbocycles. The lowest BCUT2D eigenvalue weighted by Crippen LogP contribution is -2.45. The van der Waals surface area contributed by atoms with Crippen molar-refractivity contribution in [2.75, 3.05) is 0 Å². The zero-order chi connectivity index (χ0) is 18.7. The van der Waals surface area contributed by atoms with Crippen LogP contribution in [-0.2, 0) is 17.9 Å². The molecule has 0 fully saturated rings. The third-order valence-electron chi connectivity index (χ3n) is 3.92. The summed E-state index contributed by atoms with van der Waals surface area (Å²) < 4.78 is 2.54. The molecule has 0 saturated heterocycles. The smallest absolute Gasteiger partial charge is 0.318 e. The van der Waals surface area contributed by atoms with Gasteiger partial charge in [-0.15, -0.1) is 0 Å². The molecule has 0 aliphatic rings. The molecule has 7 heteroatoms. The van der Waals surface area contributed by atoms with Crippen molar-refractivity contribution >= 4 is 17.1 Å². The van der Waals surface area contributed by atoms with Gasteiger partial charge in [0.15, 0.2) is 5.65 Å². The molecule has 134 valence electrons. The molecule has 1 N–H and O–H groups in total. The summed E-state index contributed by atoms with van der Waals surface area (Å²) in [5.74, 6) is -0.326. The van der Waals surface area contributed by atoms with E-state index in [9.17, 15) is 14.4 Å². The van der Waals surface area contributed by atoms with Gasteiger partial charge in [0.1, 0.15) is 6.54 Å². The highest BCUT2D eigenvalue weighted by atomic mass is 16.2. The molecule has 3 aromatic rings. The minimum atomic E-state index is -0.736. The predicted molar refractivity (Wildman–Crippen MR) is 99.1 cm³/mol. The zero-order valence-electron chi connectivity index (χ0n) is 14.7. The molecule has 0 aliphatic carbocycles. The van der Waals surface area contributed by atoms with Gasteiger partial charge in [-0.3, -0.25) is 23.5 Å². The normalized spacial score (nSPS) is 11.0. The molecule has 0 atom stereocenters. The largest absolute Gasteiger partial charge is 0.352 e. The van der Waals surface area contributed by atoms with Crippen molar-refractivity contribution in [3.8, 4) is 0 Å². The quantitative estimate of drug-likeness (QED) is 0.698. The highest BCUT2D eigenvalue weighted by Crippen LogP contribution is 2.10. The second kappa shape index (κ2) is 7.35. The third-order valence-corrected chi connectivity index (χ3v) is 3.92. The predicted octanol–water partition coefficient (Wildman–Crippen LogP) is 1.13. The summed E-state index contributed by atoms with van der Waals surface area (Å²) in [6, 6.07) is 12.7. The molecule has 0 spiro atoms. The number of carbonyl (C=O) groups is 1. The SMILES string of the molecule is CC(C)NC(=O)Cn1c(=O)c(=O)n(Cc2ccccc2)c2ncccc21. The van der Waals surface area contributed by atoms with E-state index in [4.69, 9.17) is 0 Å². The maximum Gasteiger partial charge on any atom is 0.318 e. The maximum atomic E-state index is 12.7. The van der Waals surface area contributed by atoms with Crippen molar-refractivity contribution < 1.29 is 4.79 Å². The van der Waals surface area contributed by atoms with Gasteiger partial charge in [0.25, 0.3) is 0 Å². The standard InChI is InChI=1S/C19H20N4O3/c1-13(2)21-16(24)12-22-15-9-6-10-20-17(15)23(19(26)18(22)25)11-14-7-4-3-5-8-14/h3-10,13H,11-12H2,1-2H3,(H,21,24). The van der Waals surface area contributed by atoms with Crippen LogP contribution in [0.15, 0.2) is 58.3 Å². The summed E-state index contributed by atoms with van der Waals surface area (Å²) in [6.45, 7) is 3.68. The number of nitrogens with one attached hydrogen (secondary N) is 1. The topological polar surface area (TPSA) is 86.0 Å². The first-order chi connectivity index (χ1) is 12.5. The van der Waals surface area contributed by atoms with Crippen LogP contribution in [0.1, 0.15) is 19.4 Å². The van der Waals surface area contributed by atoms with Gasteiger partial charge in [0.05, 0.1) is 12.1 Å². The number of benzene rings is 1. The Kier molecular flexibility index (Phi) is 4.97. The van der Waals surface area contributed by atoms with E-state index < -0.39 is 11.1 Å². The number of hydrogen-bond donors (Lipinski definition) is 1. The zero-order valence-corrected chi connectivity index (χ0v) is 14.7. The summed E-state index contributed by atoms with van der Waals surface area (Å²) in [6.07, 6.45) is 1.56. The van der Waals surface area contributed by atoms with E-state index in [0.29, 0.717) is 11.2 Å². The van der Waals surface area contributed by atoms with Crippen molar-refractivity contribution in [2.45, 2.75) is 33.0 Å². The van der Waals surface area contributed by atoms with Crippen LogP contribution < -0.4 is 16.4 Å². The lowest BCUT2D eigenvalue weighted by atomic mass is 10.2. The summed E-state index contributed by atoms with van der Waals surface area (Å²) in [7, 11) is 0. The summed E-state index contributed by atoms with van der Waals surface area (Å²) in [4.78, 5) is 41.7. The molecule has 0 radical (unpaired) electrons. The van der Waals surface area contributed by atoms with Gasteiger partial charge in [-0.05, 0) is 31.5 Å². The van der Waals surface area contributed by atoms with E-state index in [1.54, 1.807) is 18.3 Å². The van der Waals surface area contributed by atoms with E-state index in [0.717, 1.165) is 5.56 Å². The van der Waals surface area contributed by atoms with Crippen LogP contribution >= 0.6 is 0 Å². The van der Waals surface area contributed by atoms with Crippen LogP contribution in [0.3, 0.4) is 0 Å². The summed E-state index contributed by atoms with van der Waals surface area (Å²) in [5.41, 5.74) is 0.277. The van der Waals surface area contributed by atoms with E-state index in [1.165, 1.54) is 9.13 Å². The van der Waals surface area contributed by atoms with Crippen molar-refractivity contribution in [2.24, 2.45) is 0 Å². The average molecular weight is 352 g/mol. The monoisotopic (exact) mass is 352 g/mol. The Bertz CT molecular complexity index is 1050. The fourth-order valence-electron chi connectivity index (χ4n) is 2.82. The molecule has 2 aromatic heterocycles. The van der Waals surface area contributed by atoms with Crippen LogP contribution in [0.4, 0.5) is 0 Å². The first kappa shape index (κ1) is 17.6. The second-order valence-electron chi connectivity index (χ2n) is 6.34. The van der Waals surface area contributed by atoms with Crippen molar-refractivity contribution in [1.82, 2.24) is 19.4 Å². The van der Waals surface area contributed by atoms with Gasteiger partial charge < -0.3 is 5.32 Å². The van der Waals surface area contributed by atoms with Crippen LogP contribution in [0.2, 0.25) is 0 Å². The van der Waals surface area contributed by atoms with Gasteiger partial charge >= 0.3 is 11.1 Å². The molecular weight excluding hydrogens is 332 g/mol. The minimum absolute atomic E-state index is 0.0546. The molecule has 0 bridgehead atoms. The number of carbonyl (C=O) groups excluding carboxylic acids is 1. The summed E-state index contributed by atoms with van der Waals surface area (Å²) >= 11 is 0. The van der Waals surface area contributed by atoms with E-state index in [-0.39, 0.29) is 25.0 Å². The molecule has 1 amide bonds. The lowest BCUT2D eigenvalue weighted by molar-refractivity contribution is -0.122. The van der Waals surface area contributed by atoms with Gasteiger partial charge in [-0.2, -0.15) is 0 Å². The van der Waals surface area contributed by atoms with Crippen molar-refractivity contribution in [1.29, 1.82) is 0 Å². The number of rotatable bonds is 5. The molecule has 26 heavy (non-hydrogen) atoms. The number of pyridine rings is 1. The van der Waals surface area contributed by atoms with E-state index >= 15 is 0 Å². The van der Waals surface area contributed by atoms with Gasteiger partial charge in [-0.1, -0.05) is 30.3 Å². The Morgan fingerprint density at radius 3 is 2.42 bits per heavy atom. The number of fused-ring (bicyclic) bond motifs is 1. The van der Waals surface area contributed by atoms with E-state index in [1.807, 2.05) is 44.2 Å². The second-order valence-corrected chi connectivity index (χ2v) is 6.34. The Labute approximate surface area is 149 Å². The first-order valence-corrected chi connectivity index (χ1v) is 8.39. The van der Waals surface area contributed by atoms with Gasteiger partial charge in [0, 0.05) is 12.2 Å². The molecule has 1 aromatic carbocycles. The number of amides is 1. The van der Waals surface area contributed by atoms with Crippen LogP contribution in [0.5, 0.6) is 0 Å². The molecule has 7 nitrogen and oxygen atoms in total. The lowest BCUT2D eigenvalue weighted by Gasteiger charge is -2.15. The number of hydrogen-bond acceptors (Lipinski definition) is 4. The Hall–Kier alpha value is -3.22. The fourth-order valence-corrected chi connectivity index (χ4v) is 2.82. The Morgan fingerprint density at radius 2 is 1.73 bits per heavy atom. The fraction of sp³-hybridized carbons (Fsp3) is 0.263. The molecule has 0 aliphatic heterocycles. The van der Waals surface area contributed by atoms with Gasteiger partial charge in [-0.25, -0.2) is 4.98 Å². The Balaban J connectivity index is 2.13. The maximum absolute atomic E-state index is 12.7. The highest BCUT2D eigenvalue weighted by Gasteiger charge is 2.16. The number of nitrogens with zero attached hydrogens (tertiary/aromatic N) is 3. The van der Waals surface area contributed by atoms with Crippen LogP contribution in [0, 0.1) is 0 Å². The van der Waals surface area contributed by atoms with Crippen LogP contribution in [0.25, 0.3) is 11.2 Å². The third kappa shape index (κ3) is 3.56. The van der Waals surface area contributed by atoms with Gasteiger partial charge in [0.2, 0.25) is 5.91 Å². The number of aromatic nitrogens is 3. The van der Waals surface area contributed by atoms with Crippen molar-refractivity contribution in [3.05, 3.63) is 74.9 Å². The van der Waals surface area contributed by atoms with E-state index in [2.05, 4.69) is 10.3 Å².